The van der Waals surface area contributed by atoms with Crippen LogP contribution in [-0.4, -0.2) is 40.3 Å². The van der Waals surface area contributed by atoms with Crippen LogP contribution in [0.5, 0.6) is 0 Å². The van der Waals surface area contributed by atoms with Gasteiger partial charge in [0.2, 0.25) is 11.8 Å². The van der Waals surface area contributed by atoms with E-state index in [4.69, 9.17) is 0 Å². The molecule has 0 bridgehead atoms. The molecule has 0 spiro atoms. The van der Waals surface area contributed by atoms with Gasteiger partial charge in [-0.2, -0.15) is 0 Å². The number of benzene rings is 1. The largest absolute Gasteiger partial charge is 0.346 e. The minimum Gasteiger partial charge on any atom is -0.346 e. The second-order valence-electron chi connectivity index (χ2n) is 7.33. The summed E-state index contributed by atoms with van der Waals surface area (Å²) in [6, 6.07) is 7.68. The molecule has 0 saturated carbocycles. The number of carbonyl (C=O) groups is 2. The van der Waals surface area contributed by atoms with Crippen LogP contribution >= 0.6 is 0 Å². The Hall–Kier alpha value is -2.37. The van der Waals surface area contributed by atoms with Gasteiger partial charge in [0.05, 0.1) is 17.1 Å². The van der Waals surface area contributed by atoms with E-state index in [-0.39, 0.29) is 30.2 Å². The summed E-state index contributed by atoms with van der Waals surface area (Å²) in [4.78, 5) is 34.3. The Morgan fingerprint density at radius 1 is 1.40 bits per heavy atom. The minimum absolute atomic E-state index is 0.0375. The van der Waals surface area contributed by atoms with E-state index in [9.17, 15) is 9.59 Å². The van der Waals surface area contributed by atoms with Gasteiger partial charge in [-0.25, -0.2) is 4.98 Å². The number of hydrogen-bond donors (Lipinski definition) is 2. The molecule has 3 rings (SSSR count). The summed E-state index contributed by atoms with van der Waals surface area (Å²) in [5.41, 5.74) is 1.87. The number of aromatic amines is 1. The van der Waals surface area contributed by atoms with Crippen LogP contribution in [0.2, 0.25) is 0 Å². The van der Waals surface area contributed by atoms with Gasteiger partial charge in [0, 0.05) is 25.9 Å². The molecule has 0 unspecified atom stereocenters. The third-order valence-corrected chi connectivity index (χ3v) is 4.79. The zero-order valence-electron chi connectivity index (χ0n) is 15.1. The average molecular weight is 342 g/mol. The predicted molar refractivity (Wildman–Crippen MR) is 96.8 cm³/mol. The summed E-state index contributed by atoms with van der Waals surface area (Å²) in [6.07, 6.45) is 1.80. The van der Waals surface area contributed by atoms with Gasteiger partial charge in [-0.1, -0.05) is 26.0 Å². The second-order valence-corrected chi connectivity index (χ2v) is 7.33. The number of para-hydroxylation sites is 2. The normalized spacial score (nSPS) is 19.4. The Labute approximate surface area is 148 Å². The third-order valence-electron chi connectivity index (χ3n) is 4.79. The lowest BCUT2D eigenvalue weighted by molar-refractivity contribution is -0.139. The predicted octanol–water partition coefficient (Wildman–Crippen LogP) is 2.63. The molecule has 2 aromatic rings. The van der Waals surface area contributed by atoms with Crippen molar-refractivity contribution in [3.63, 3.8) is 0 Å². The molecule has 0 aliphatic carbocycles. The molecule has 1 aliphatic rings. The summed E-state index contributed by atoms with van der Waals surface area (Å²) < 4.78 is 0. The van der Waals surface area contributed by atoms with E-state index >= 15 is 0 Å². The molecule has 1 aromatic heterocycles. The number of hydrogen-bond acceptors (Lipinski definition) is 3. The Morgan fingerprint density at radius 2 is 2.16 bits per heavy atom. The van der Waals surface area contributed by atoms with Crippen LogP contribution in [0.3, 0.4) is 0 Å². The summed E-state index contributed by atoms with van der Waals surface area (Å²) in [7, 11) is 1.78. The number of amides is 2. The fourth-order valence-electron chi connectivity index (χ4n) is 3.30. The number of piperidine rings is 1. The molecular weight excluding hydrogens is 316 g/mol. The molecular formula is C19H26N4O2. The highest BCUT2D eigenvalue weighted by atomic mass is 16.2. The van der Waals surface area contributed by atoms with Crippen molar-refractivity contribution in [3.8, 4) is 0 Å². The molecule has 2 N–H and O–H groups in total. The first kappa shape index (κ1) is 17.5. The number of nitrogens with zero attached hydrogens (tertiary/aromatic N) is 2. The molecule has 6 heteroatoms. The van der Waals surface area contributed by atoms with Crippen molar-refractivity contribution in [3.05, 3.63) is 30.1 Å². The molecule has 1 aromatic carbocycles. The monoisotopic (exact) mass is 342 g/mol. The Bertz CT molecular complexity index is 735. The highest BCUT2D eigenvalue weighted by molar-refractivity contribution is 5.87. The molecule has 2 atom stereocenters. The van der Waals surface area contributed by atoms with Gasteiger partial charge in [0.15, 0.2) is 0 Å². The molecule has 25 heavy (non-hydrogen) atoms. The lowest BCUT2D eigenvalue weighted by Gasteiger charge is -2.29. The van der Waals surface area contributed by atoms with E-state index in [0.29, 0.717) is 18.9 Å². The first-order chi connectivity index (χ1) is 11.9. The van der Waals surface area contributed by atoms with Crippen molar-refractivity contribution >= 4 is 22.8 Å². The molecule has 1 aliphatic heterocycles. The summed E-state index contributed by atoms with van der Waals surface area (Å²) in [5.74, 6) is 0.936. The molecule has 2 amide bonds. The van der Waals surface area contributed by atoms with Crippen molar-refractivity contribution in [2.45, 2.75) is 39.2 Å². The zero-order chi connectivity index (χ0) is 18.0. The number of aromatic nitrogens is 2. The summed E-state index contributed by atoms with van der Waals surface area (Å²) in [6.45, 7) is 4.89. The maximum Gasteiger partial charge on any atom is 0.224 e. The van der Waals surface area contributed by atoms with E-state index in [2.05, 4.69) is 29.1 Å². The fraction of sp³-hybridized carbons (Fsp3) is 0.526. The summed E-state index contributed by atoms with van der Waals surface area (Å²) >= 11 is 0. The number of likely N-dealkylation sites (tertiary alicyclic amines) is 1. The van der Waals surface area contributed by atoms with Crippen LogP contribution in [0.4, 0.5) is 0 Å². The minimum atomic E-state index is -0.247. The smallest absolute Gasteiger partial charge is 0.224 e. The van der Waals surface area contributed by atoms with E-state index in [1.54, 1.807) is 11.9 Å². The second kappa shape index (κ2) is 7.25. The quantitative estimate of drug-likeness (QED) is 0.877. The number of H-pyrrole nitrogens is 1. The van der Waals surface area contributed by atoms with Crippen molar-refractivity contribution in [1.82, 2.24) is 20.2 Å². The number of carbonyl (C=O) groups excluding carboxylic acids is 2. The van der Waals surface area contributed by atoms with Crippen molar-refractivity contribution in [2.75, 3.05) is 13.6 Å². The lowest BCUT2D eigenvalue weighted by Crippen LogP contribution is -2.43. The topological polar surface area (TPSA) is 78.1 Å². The van der Waals surface area contributed by atoms with E-state index in [1.807, 2.05) is 24.3 Å². The molecule has 6 nitrogen and oxygen atoms in total. The van der Waals surface area contributed by atoms with Gasteiger partial charge >= 0.3 is 0 Å². The maximum absolute atomic E-state index is 12.7. The van der Waals surface area contributed by atoms with Crippen molar-refractivity contribution in [1.29, 1.82) is 0 Å². The Morgan fingerprint density at radius 3 is 2.84 bits per heavy atom. The van der Waals surface area contributed by atoms with Crippen molar-refractivity contribution < 1.29 is 9.59 Å². The highest BCUT2D eigenvalue weighted by Gasteiger charge is 2.30. The lowest BCUT2D eigenvalue weighted by atomic mass is 9.94. The van der Waals surface area contributed by atoms with E-state index in [0.717, 1.165) is 23.3 Å². The molecule has 2 heterocycles. The molecule has 134 valence electrons. The van der Waals surface area contributed by atoms with Crippen molar-refractivity contribution in [2.24, 2.45) is 11.8 Å². The Balaban J connectivity index is 1.76. The fourth-order valence-corrected chi connectivity index (χ4v) is 3.30. The SMILES string of the molecule is CC(C)C[C@H](NC(=O)[C@H]1CCN(C)C(=O)C1)c1nc2ccccc2[nH]1. The molecule has 0 radical (unpaired) electrons. The highest BCUT2D eigenvalue weighted by Crippen LogP contribution is 2.24. The third kappa shape index (κ3) is 4.00. The van der Waals surface area contributed by atoms with Gasteiger partial charge in [-0.15, -0.1) is 0 Å². The maximum atomic E-state index is 12.7. The Kier molecular flexibility index (Phi) is 5.06. The van der Waals surface area contributed by atoms with Gasteiger partial charge in [0.1, 0.15) is 5.82 Å². The van der Waals surface area contributed by atoms with E-state index in [1.165, 1.54) is 0 Å². The van der Waals surface area contributed by atoms with Crippen LogP contribution in [0.1, 0.15) is 45.0 Å². The van der Waals surface area contributed by atoms with Crippen LogP contribution in [0.25, 0.3) is 11.0 Å². The molecule has 1 fully saturated rings. The number of nitrogens with one attached hydrogen (secondary N) is 2. The first-order valence-electron chi connectivity index (χ1n) is 8.93. The van der Waals surface area contributed by atoms with Crippen LogP contribution in [0, 0.1) is 11.8 Å². The zero-order valence-corrected chi connectivity index (χ0v) is 15.1. The van der Waals surface area contributed by atoms with Gasteiger partial charge < -0.3 is 15.2 Å². The first-order valence-corrected chi connectivity index (χ1v) is 8.93. The standard InChI is InChI=1S/C19H26N4O2/c1-12(2)10-16(18-20-14-6-4-5-7-15(14)21-18)22-19(25)13-8-9-23(3)17(24)11-13/h4-7,12-13,16H,8-11H2,1-3H3,(H,20,21)(H,22,25)/t13-,16-/m0/s1. The van der Waals surface area contributed by atoms with Gasteiger partial charge in [-0.3, -0.25) is 9.59 Å². The average Bonchev–Trinajstić information content (AvgIpc) is 3.00. The molecule has 1 saturated heterocycles. The van der Waals surface area contributed by atoms with Crippen LogP contribution in [0.15, 0.2) is 24.3 Å². The number of rotatable bonds is 5. The number of fused-ring (bicyclic) bond motifs is 1. The summed E-state index contributed by atoms with van der Waals surface area (Å²) in [5, 5.41) is 3.13. The van der Waals surface area contributed by atoms with Crippen LogP contribution in [-0.2, 0) is 9.59 Å². The van der Waals surface area contributed by atoms with E-state index < -0.39 is 0 Å². The number of imidazole rings is 1. The van der Waals surface area contributed by atoms with Crippen LogP contribution < -0.4 is 5.32 Å². The van der Waals surface area contributed by atoms with Gasteiger partial charge in [0.25, 0.3) is 0 Å². The van der Waals surface area contributed by atoms with Gasteiger partial charge in [-0.05, 0) is 30.9 Å².